The number of aryl methyl sites for hydroxylation is 2. The van der Waals surface area contributed by atoms with Crippen molar-refractivity contribution in [1.29, 1.82) is 0 Å². The minimum atomic E-state index is -0.572. The Labute approximate surface area is 137 Å². The Balaban J connectivity index is 2.09. The Bertz CT molecular complexity index is 641. The lowest BCUT2D eigenvalue weighted by atomic mass is 9.89. The summed E-state index contributed by atoms with van der Waals surface area (Å²) in [6.45, 7) is 3.74. The lowest BCUT2D eigenvalue weighted by Crippen LogP contribution is -2.53. The Kier molecular flexibility index (Phi) is 4.28. The molecule has 1 aromatic carbocycles. The zero-order valence-electron chi connectivity index (χ0n) is 14.0. The lowest BCUT2D eigenvalue weighted by molar-refractivity contribution is -0.143. The predicted octanol–water partition coefficient (Wildman–Crippen LogP) is 2.66. The third-order valence-corrected chi connectivity index (χ3v) is 4.87. The van der Waals surface area contributed by atoms with E-state index >= 15 is 0 Å². The molecule has 5 nitrogen and oxygen atoms in total. The van der Waals surface area contributed by atoms with Gasteiger partial charge < -0.3 is 10.1 Å². The van der Waals surface area contributed by atoms with E-state index in [2.05, 4.69) is 17.4 Å². The standard InChI is InChI=1S/C18H24N2O3/c1-4-15(18(22)23-3)20-16-10-13-8-6-5-7-12(13)9-14(16)19-11(2)17(20)21/h9-11,15,19H,4-8H2,1-3H3. The molecule has 0 saturated carbocycles. The summed E-state index contributed by atoms with van der Waals surface area (Å²) in [7, 11) is 1.37. The quantitative estimate of drug-likeness (QED) is 0.871. The fourth-order valence-electron chi connectivity index (χ4n) is 3.62. The van der Waals surface area contributed by atoms with Gasteiger partial charge in [-0.3, -0.25) is 9.69 Å². The second-order valence-corrected chi connectivity index (χ2v) is 6.37. The van der Waals surface area contributed by atoms with E-state index in [0.717, 1.165) is 24.2 Å². The molecule has 1 N–H and O–H groups in total. The summed E-state index contributed by atoms with van der Waals surface area (Å²) >= 11 is 0. The SMILES string of the molecule is CCC(C(=O)OC)N1C(=O)C(C)Nc2cc3c(cc21)CCCC3. The van der Waals surface area contributed by atoms with Gasteiger partial charge in [-0.25, -0.2) is 4.79 Å². The second-order valence-electron chi connectivity index (χ2n) is 6.37. The van der Waals surface area contributed by atoms with Gasteiger partial charge in [-0.2, -0.15) is 0 Å². The van der Waals surface area contributed by atoms with Gasteiger partial charge in [0.2, 0.25) is 5.91 Å². The molecule has 1 aliphatic heterocycles. The molecule has 0 fully saturated rings. The van der Waals surface area contributed by atoms with E-state index < -0.39 is 6.04 Å². The van der Waals surface area contributed by atoms with Crippen molar-refractivity contribution in [3.63, 3.8) is 0 Å². The summed E-state index contributed by atoms with van der Waals surface area (Å²) in [4.78, 5) is 26.5. The fraction of sp³-hybridized carbons (Fsp3) is 0.556. The maximum absolute atomic E-state index is 12.7. The van der Waals surface area contributed by atoms with Gasteiger partial charge in [0.25, 0.3) is 0 Å². The molecule has 5 heteroatoms. The van der Waals surface area contributed by atoms with Gasteiger partial charge in [-0.05, 0) is 62.3 Å². The number of nitrogens with one attached hydrogen (secondary N) is 1. The highest BCUT2D eigenvalue weighted by Crippen LogP contribution is 2.38. The normalized spacial score (nSPS) is 21.1. The number of methoxy groups -OCH3 is 1. The molecular weight excluding hydrogens is 292 g/mol. The number of benzene rings is 1. The van der Waals surface area contributed by atoms with Crippen LogP contribution in [-0.2, 0) is 27.2 Å². The van der Waals surface area contributed by atoms with E-state index in [0.29, 0.717) is 6.42 Å². The summed E-state index contributed by atoms with van der Waals surface area (Å²) in [5, 5.41) is 3.28. The molecule has 23 heavy (non-hydrogen) atoms. The van der Waals surface area contributed by atoms with Crippen molar-refractivity contribution in [2.75, 3.05) is 17.3 Å². The van der Waals surface area contributed by atoms with Gasteiger partial charge in [-0.1, -0.05) is 6.92 Å². The lowest BCUT2D eigenvalue weighted by Gasteiger charge is -2.38. The number of ether oxygens (including phenoxy) is 1. The molecule has 1 aliphatic carbocycles. The second kappa shape index (κ2) is 6.22. The smallest absolute Gasteiger partial charge is 0.328 e. The van der Waals surface area contributed by atoms with Crippen LogP contribution in [0.3, 0.4) is 0 Å². The van der Waals surface area contributed by atoms with Crippen molar-refractivity contribution < 1.29 is 14.3 Å². The molecule has 3 rings (SSSR count). The first kappa shape index (κ1) is 15.8. The number of fused-ring (bicyclic) bond motifs is 2. The number of esters is 1. The van der Waals surface area contributed by atoms with Crippen molar-refractivity contribution in [1.82, 2.24) is 0 Å². The van der Waals surface area contributed by atoms with Crippen LogP contribution < -0.4 is 10.2 Å². The molecule has 0 bridgehead atoms. The molecule has 1 amide bonds. The molecular formula is C18H24N2O3. The minimum Gasteiger partial charge on any atom is -0.467 e. The monoisotopic (exact) mass is 316 g/mol. The third-order valence-electron chi connectivity index (χ3n) is 4.87. The number of nitrogens with zero attached hydrogens (tertiary/aromatic N) is 1. The van der Waals surface area contributed by atoms with Crippen molar-refractivity contribution in [3.8, 4) is 0 Å². The number of hydrogen-bond donors (Lipinski definition) is 1. The van der Waals surface area contributed by atoms with Gasteiger partial charge in [0.05, 0.1) is 18.5 Å². The number of anilines is 2. The molecule has 0 saturated heterocycles. The van der Waals surface area contributed by atoms with Crippen LogP contribution in [0.5, 0.6) is 0 Å². The van der Waals surface area contributed by atoms with E-state index in [-0.39, 0.29) is 17.9 Å². The van der Waals surface area contributed by atoms with Gasteiger partial charge in [0.15, 0.2) is 0 Å². The molecule has 0 spiro atoms. The zero-order chi connectivity index (χ0) is 16.6. The van der Waals surface area contributed by atoms with Crippen molar-refractivity contribution in [3.05, 3.63) is 23.3 Å². The summed E-state index contributed by atoms with van der Waals surface area (Å²) in [6.07, 6.45) is 5.04. The van der Waals surface area contributed by atoms with Crippen LogP contribution in [0.25, 0.3) is 0 Å². The van der Waals surface area contributed by atoms with Gasteiger partial charge in [-0.15, -0.1) is 0 Å². The molecule has 124 valence electrons. The van der Waals surface area contributed by atoms with E-state index in [1.165, 1.54) is 31.1 Å². The first-order valence-electron chi connectivity index (χ1n) is 8.40. The van der Waals surface area contributed by atoms with Crippen LogP contribution in [0.2, 0.25) is 0 Å². The predicted molar refractivity (Wildman–Crippen MR) is 89.7 cm³/mol. The van der Waals surface area contributed by atoms with Gasteiger partial charge in [0, 0.05) is 0 Å². The molecule has 2 aliphatic rings. The molecule has 2 unspecified atom stereocenters. The third kappa shape index (κ3) is 2.69. The topological polar surface area (TPSA) is 58.6 Å². The Morgan fingerprint density at radius 2 is 2.00 bits per heavy atom. The number of rotatable bonds is 3. The Morgan fingerprint density at radius 3 is 2.61 bits per heavy atom. The number of carbonyl (C=O) groups excluding carboxylic acids is 2. The highest BCUT2D eigenvalue weighted by atomic mass is 16.5. The van der Waals surface area contributed by atoms with Gasteiger partial charge >= 0.3 is 5.97 Å². The van der Waals surface area contributed by atoms with E-state index in [1.807, 2.05) is 13.8 Å². The minimum absolute atomic E-state index is 0.0782. The van der Waals surface area contributed by atoms with Crippen LogP contribution in [0.1, 0.15) is 44.2 Å². The van der Waals surface area contributed by atoms with Crippen LogP contribution in [0.15, 0.2) is 12.1 Å². The van der Waals surface area contributed by atoms with E-state index in [1.54, 1.807) is 4.90 Å². The van der Waals surface area contributed by atoms with Gasteiger partial charge in [0.1, 0.15) is 12.1 Å². The Morgan fingerprint density at radius 1 is 1.35 bits per heavy atom. The first-order chi connectivity index (χ1) is 11.1. The maximum atomic E-state index is 12.7. The fourth-order valence-corrected chi connectivity index (χ4v) is 3.62. The van der Waals surface area contributed by atoms with Crippen LogP contribution >= 0.6 is 0 Å². The van der Waals surface area contributed by atoms with E-state index in [4.69, 9.17) is 4.74 Å². The molecule has 2 atom stereocenters. The largest absolute Gasteiger partial charge is 0.467 e. The summed E-state index contributed by atoms with van der Waals surface area (Å²) in [5.74, 6) is -0.441. The van der Waals surface area contributed by atoms with Crippen molar-refractivity contribution >= 4 is 23.3 Å². The molecule has 0 aromatic heterocycles. The molecule has 0 radical (unpaired) electrons. The number of hydrogen-bond acceptors (Lipinski definition) is 4. The van der Waals surface area contributed by atoms with Crippen LogP contribution in [-0.4, -0.2) is 31.1 Å². The van der Waals surface area contributed by atoms with Crippen molar-refractivity contribution in [2.45, 2.75) is 58.0 Å². The summed E-state index contributed by atoms with van der Waals surface area (Å²) < 4.78 is 4.91. The van der Waals surface area contributed by atoms with E-state index in [9.17, 15) is 9.59 Å². The number of amides is 1. The average molecular weight is 316 g/mol. The van der Waals surface area contributed by atoms with Crippen LogP contribution in [0, 0.1) is 0 Å². The first-order valence-corrected chi connectivity index (χ1v) is 8.40. The zero-order valence-corrected chi connectivity index (χ0v) is 14.0. The van der Waals surface area contributed by atoms with Crippen LogP contribution in [0.4, 0.5) is 11.4 Å². The highest BCUT2D eigenvalue weighted by molar-refractivity contribution is 6.08. The summed E-state index contributed by atoms with van der Waals surface area (Å²) in [6, 6.07) is 3.33. The number of carbonyl (C=O) groups is 2. The highest BCUT2D eigenvalue weighted by Gasteiger charge is 2.38. The molecule has 1 heterocycles. The average Bonchev–Trinajstić information content (AvgIpc) is 2.57. The maximum Gasteiger partial charge on any atom is 0.328 e. The Hall–Kier alpha value is -2.04. The summed E-state index contributed by atoms with van der Waals surface area (Å²) in [5.41, 5.74) is 4.41. The van der Waals surface area contributed by atoms with Crippen molar-refractivity contribution in [2.24, 2.45) is 0 Å². The molecule has 1 aromatic rings.